The lowest BCUT2D eigenvalue weighted by atomic mass is 10.2. The van der Waals surface area contributed by atoms with Crippen molar-refractivity contribution in [1.82, 2.24) is 9.47 Å². The molecule has 0 fully saturated rings. The van der Waals surface area contributed by atoms with Gasteiger partial charge in [-0.25, -0.2) is 0 Å². The standard InChI is InChI=1S/C12H13N5O5/c1-15(4-2-3-13)10(18)7-16-6-8(17(21)22)5-9(11(14)19)12(16)20/h5-6H,2,4,7H2,1H3,(H2,14,19). The van der Waals surface area contributed by atoms with E-state index in [2.05, 4.69) is 0 Å². The number of amides is 2. The van der Waals surface area contributed by atoms with Crippen molar-refractivity contribution < 1.29 is 14.5 Å². The molecule has 0 bridgehead atoms. The van der Waals surface area contributed by atoms with E-state index in [9.17, 15) is 24.5 Å². The second-order valence-corrected chi connectivity index (χ2v) is 4.39. The molecule has 0 aliphatic rings. The summed E-state index contributed by atoms with van der Waals surface area (Å²) in [7, 11) is 1.43. The van der Waals surface area contributed by atoms with E-state index in [1.807, 2.05) is 6.07 Å². The maximum atomic E-state index is 12.0. The number of likely N-dealkylation sites (N-methyl/N-ethyl adjacent to an activating group) is 1. The van der Waals surface area contributed by atoms with E-state index < -0.39 is 40.1 Å². The number of carbonyl (C=O) groups is 2. The first-order valence-corrected chi connectivity index (χ1v) is 6.07. The van der Waals surface area contributed by atoms with Crippen molar-refractivity contribution in [3.63, 3.8) is 0 Å². The van der Waals surface area contributed by atoms with Crippen molar-refractivity contribution in [3.05, 3.63) is 38.3 Å². The summed E-state index contributed by atoms with van der Waals surface area (Å²) in [4.78, 5) is 46.3. The number of hydrogen-bond acceptors (Lipinski definition) is 6. The molecule has 0 atom stereocenters. The predicted molar refractivity (Wildman–Crippen MR) is 73.7 cm³/mol. The van der Waals surface area contributed by atoms with Crippen LogP contribution in [0.25, 0.3) is 0 Å². The van der Waals surface area contributed by atoms with Gasteiger partial charge in [-0.2, -0.15) is 5.26 Å². The summed E-state index contributed by atoms with van der Waals surface area (Å²) in [5, 5.41) is 19.3. The van der Waals surface area contributed by atoms with Crippen LogP contribution < -0.4 is 11.3 Å². The van der Waals surface area contributed by atoms with Crippen molar-refractivity contribution in [2.75, 3.05) is 13.6 Å². The molecule has 1 aromatic heterocycles. The Morgan fingerprint density at radius 1 is 1.55 bits per heavy atom. The Bertz CT molecular complexity index is 718. The predicted octanol–water partition coefficient (Wildman–Crippen LogP) is -0.773. The maximum Gasteiger partial charge on any atom is 0.286 e. The summed E-state index contributed by atoms with van der Waals surface area (Å²) in [5.41, 5.74) is 3.02. The minimum absolute atomic E-state index is 0.110. The Morgan fingerprint density at radius 2 is 2.18 bits per heavy atom. The highest BCUT2D eigenvalue weighted by Gasteiger charge is 2.19. The summed E-state index contributed by atoms with van der Waals surface area (Å²) in [5.74, 6) is -1.65. The summed E-state index contributed by atoms with van der Waals surface area (Å²) < 4.78 is 0.753. The number of hydrogen-bond donors (Lipinski definition) is 1. The van der Waals surface area contributed by atoms with Crippen LogP contribution >= 0.6 is 0 Å². The van der Waals surface area contributed by atoms with Crippen molar-refractivity contribution in [2.24, 2.45) is 5.73 Å². The van der Waals surface area contributed by atoms with E-state index in [0.717, 1.165) is 16.8 Å². The van der Waals surface area contributed by atoms with Gasteiger partial charge >= 0.3 is 0 Å². The summed E-state index contributed by atoms with van der Waals surface area (Å²) in [6.07, 6.45) is 0.976. The number of carbonyl (C=O) groups excluding carboxylic acids is 2. The van der Waals surface area contributed by atoms with Crippen molar-refractivity contribution in [1.29, 1.82) is 5.26 Å². The lowest BCUT2D eigenvalue weighted by Crippen LogP contribution is -2.36. The number of nitriles is 1. The first kappa shape index (κ1) is 16.8. The van der Waals surface area contributed by atoms with Gasteiger partial charge in [0.15, 0.2) is 0 Å². The molecule has 0 aliphatic carbocycles. The van der Waals surface area contributed by atoms with Gasteiger partial charge in [0.25, 0.3) is 17.2 Å². The molecule has 1 heterocycles. The summed E-state index contributed by atoms with van der Waals surface area (Å²) in [6.45, 7) is -0.343. The van der Waals surface area contributed by atoms with Gasteiger partial charge in [-0.15, -0.1) is 0 Å². The number of nitro groups is 1. The molecule has 0 radical (unpaired) electrons. The lowest BCUT2D eigenvalue weighted by Gasteiger charge is -2.16. The van der Waals surface area contributed by atoms with Gasteiger partial charge < -0.3 is 10.6 Å². The molecule has 22 heavy (non-hydrogen) atoms. The SMILES string of the molecule is CN(CCC#N)C(=O)Cn1cc([N+](=O)[O-])cc(C(N)=O)c1=O. The Hall–Kier alpha value is -3.22. The Morgan fingerprint density at radius 3 is 2.68 bits per heavy atom. The third-order valence-electron chi connectivity index (χ3n) is 2.84. The quantitative estimate of drug-likeness (QED) is 0.537. The number of nitrogens with two attached hydrogens (primary N) is 1. The Labute approximate surface area is 124 Å². The Balaban J connectivity index is 3.16. The van der Waals surface area contributed by atoms with Crippen LogP contribution in [0.5, 0.6) is 0 Å². The fraction of sp³-hybridized carbons (Fsp3) is 0.333. The summed E-state index contributed by atoms with van der Waals surface area (Å²) >= 11 is 0. The van der Waals surface area contributed by atoms with E-state index in [0.29, 0.717) is 0 Å². The number of primary amides is 1. The van der Waals surface area contributed by atoms with Crippen LogP contribution in [0.1, 0.15) is 16.8 Å². The van der Waals surface area contributed by atoms with Crippen molar-refractivity contribution in [2.45, 2.75) is 13.0 Å². The molecule has 10 heteroatoms. The van der Waals surface area contributed by atoms with E-state index in [1.54, 1.807) is 0 Å². The number of nitrogens with zero attached hydrogens (tertiary/aromatic N) is 4. The zero-order valence-corrected chi connectivity index (χ0v) is 11.7. The van der Waals surface area contributed by atoms with E-state index >= 15 is 0 Å². The van der Waals surface area contributed by atoms with Crippen LogP contribution in [0.15, 0.2) is 17.1 Å². The fourth-order valence-corrected chi connectivity index (χ4v) is 1.62. The highest BCUT2D eigenvalue weighted by atomic mass is 16.6. The van der Waals surface area contributed by atoms with Gasteiger partial charge in [-0.05, 0) is 0 Å². The number of pyridine rings is 1. The normalized spacial score (nSPS) is 9.82. The van der Waals surface area contributed by atoms with Gasteiger partial charge in [-0.3, -0.25) is 29.1 Å². The Kier molecular flexibility index (Phi) is 5.34. The molecule has 1 aromatic rings. The minimum Gasteiger partial charge on any atom is -0.365 e. The lowest BCUT2D eigenvalue weighted by molar-refractivity contribution is -0.385. The van der Waals surface area contributed by atoms with Crippen LogP contribution in [0.3, 0.4) is 0 Å². The first-order chi connectivity index (χ1) is 10.3. The number of aromatic nitrogens is 1. The smallest absolute Gasteiger partial charge is 0.286 e. The van der Waals surface area contributed by atoms with Crippen molar-refractivity contribution in [3.8, 4) is 6.07 Å². The van der Waals surface area contributed by atoms with Gasteiger partial charge in [0.05, 0.1) is 23.6 Å². The van der Waals surface area contributed by atoms with Gasteiger partial charge in [-0.1, -0.05) is 0 Å². The van der Waals surface area contributed by atoms with E-state index in [4.69, 9.17) is 11.0 Å². The topological polar surface area (TPSA) is 152 Å². The molecule has 0 aromatic carbocycles. The molecule has 116 valence electrons. The second kappa shape index (κ2) is 6.98. The molecule has 0 aliphatic heterocycles. The summed E-state index contributed by atoms with van der Waals surface area (Å²) in [6, 6.07) is 2.63. The zero-order valence-electron chi connectivity index (χ0n) is 11.7. The molecule has 0 saturated heterocycles. The molecule has 1 rings (SSSR count). The van der Waals surface area contributed by atoms with Gasteiger partial charge in [0.2, 0.25) is 5.91 Å². The first-order valence-electron chi connectivity index (χ1n) is 6.07. The molecule has 2 amide bonds. The maximum absolute atomic E-state index is 12.0. The van der Waals surface area contributed by atoms with Crippen LogP contribution in [-0.2, 0) is 11.3 Å². The average Bonchev–Trinajstić information content (AvgIpc) is 2.45. The van der Waals surface area contributed by atoms with Crippen LogP contribution in [0, 0.1) is 21.4 Å². The molecule has 0 saturated carbocycles. The van der Waals surface area contributed by atoms with Gasteiger partial charge in [0.1, 0.15) is 12.1 Å². The van der Waals surface area contributed by atoms with Crippen LogP contribution in [0.2, 0.25) is 0 Å². The van der Waals surface area contributed by atoms with E-state index in [1.165, 1.54) is 11.9 Å². The van der Waals surface area contributed by atoms with Crippen LogP contribution in [-0.4, -0.2) is 39.8 Å². The molecule has 10 nitrogen and oxygen atoms in total. The molecular formula is C12H13N5O5. The minimum atomic E-state index is -1.12. The highest BCUT2D eigenvalue weighted by molar-refractivity contribution is 5.93. The second-order valence-electron chi connectivity index (χ2n) is 4.39. The van der Waals surface area contributed by atoms with Crippen molar-refractivity contribution >= 4 is 17.5 Å². The van der Waals surface area contributed by atoms with Crippen LogP contribution in [0.4, 0.5) is 5.69 Å². The van der Waals surface area contributed by atoms with Gasteiger partial charge in [0, 0.05) is 19.7 Å². The number of rotatable bonds is 6. The average molecular weight is 307 g/mol. The molecule has 2 N–H and O–H groups in total. The largest absolute Gasteiger partial charge is 0.365 e. The monoisotopic (exact) mass is 307 g/mol. The third-order valence-corrected chi connectivity index (χ3v) is 2.84. The molecule has 0 spiro atoms. The fourth-order valence-electron chi connectivity index (χ4n) is 1.62. The molecule has 0 unspecified atom stereocenters. The third kappa shape index (κ3) is 3.89. The zero-order chi connectivity index (χ0) is 16.9. The van der Waals surface area contributed by atoms with E-state index in [-0.39, 0.29) is 13.0 Å². The highest BCUT2D eigenvalue weighted by Crippen LogP contribution is 2.10. The molecular weight excluding hydrogens is 294 g/mol.